The van der Waals surface area contributed by atoms with Gasteiger partial charge in [0.2, 0.25) is 11.9 Å². The number of carbonyl (C=O) groups excluding carboxylic acids is 1. The number of para-hydroxylation sites is 2. The van der Waals surface area contributed by atoms with Crippen molar-refractivity contribution in [3.8, 4) is 0 Å². The lowest BCUT2D eigenvalue weighted by Crippen LogP contribution is -2.44. The van der Waals surface area contributed by atoms with E-state index in [1.807, 2.05) is 31.3 Å². The highest BCUT2D eigenvalue weighted by Gasteiger charge is 2.28. The van der Waals surface area contributed by atoms with E-state index in [2.05, 4.69) is 20.9 Å². The van der Waals surface area contributed by atoms with E-state index in [-0.39, 0.29) is 17.6 Å². The second kappa shape index (κ2) is 8.00. The second-order valence-corrected chi connectivity index (χ2v) is 7.42. The van der Waals surface area contributed by atoms with E-state index >= 15 is 0 Å². The van der Waals surface area contributed by atoms with Crippen molar-refractivity contribution in [2.75, 3.05) is 24.5 Å². The molecule has 1 aliphatic heterocycles. The molecule has 1 atom stereocenters. The molecule has 5 nitrogen and oxygen atoms in total. The summed E-state index contributed by atoms with van der Waals surface area (Å²) in [6.45, 7) is 2.10. The van der Waals surface area contributed by atoms with Gasteiger partial charge in [-0.3, -0.25) is 4.79 Å². The maximum absolute atomic E-state index is 13.3. The average Bonchev–Trinajstić information content (AvgIpc) is 3.05. The number of nitrogens with zero attached hydrogens (tertiary/aromatic N) is 3. The molecule has 6 heteroatoms. The molecule has 3 aromatic rings. The summed E-state index contributed by atoms with van der Waals surface area (Å²) in [5.41, 5.74) is 2.96. The van der Waals surface area contributed by atoms with Crippen LogP contribution in [0.2, 0.25) is 0 Å². The van der Waals surface area contributed by atoms with Crippen LogP contribution in [0.25, 0.3) is 11.0 Å². The van der Waals surface area contributed by atoms with Gasteiger partial charge in [-0.15, -0.1) is 0 Å². The third-order valence-corrected chi connectivity index (χ3v) is 5.44. The summed E-state index contributed by atoms with van der Waals surface area (Å²) in [6.07, 6.45) is 2.47. The fourth-order valence-corrected chi connectivity index (χ4v) is 3.96. The van der Waals surface area contributed by atoms with Crippen molar-refractivity contribution in [3.63, 3.8) is 0 Å². The number of anilines is 1. The van der Waals surface area contributed by atoms with Gasteiger partial charge < -0.3 is 14.8 Å². The van der Waals surface area contributed by atoms with Crippen molar-refractivity contribution in [2.45, 2.75) is 19.3 Å². The number of nitrogens with one attached hydrogen (secondary N) is 1. The van der Waals surface area contributed by atoms with E-state index in [0.29, 0.717) is 19.5 Å². The zero-order chi connectivity index (χ0) is 19.5. The van der Waals surface area contributed by atoms with Gasteiger partial charge in [-0.2, -0.15) is 0 Å². The number of aryl methyl sites for hydroxylation is 1. The Hall–Kier alpha value is -2.89. The van der Waals surface area contributed by atoms with E-state index in [0.717, 1.165) is 41.9 Å². The maximum atomic E-state index is 13.3. The summed E-state index contributed by atoms with van der Waals surface area (Å²) in [5, 5.41) is 3.02. The van der Waals surface area contributed by atoms with Crippen LogP contribution in [0.5, 0.6) is 0 Å². The number of imidazole rings is 1. The zero-order valence-corrected chi connectivity index (χ0v) is 16.1. The Kier molecular flexibility index (Phi) is 5.28. The van der Waals surface area contributed by atoms with Crippen LogP contribution in [0.4, 0.5) is 10.3 Å². The fourth-order valence-electron chi connectivity index (χ4n) is 3.96. The van der Waals surface area contributed by atoms with Crippen LogP contribution in [0, 0.1) is 11.7 Å². The highest BCUT2D eigenvalue weighted by molar-refractivity contribution is 5.81. The molecule has 0 aliphatic carbocycles. The van der Waals surface area contributed by atoms with Crippen LogP contribution in [-0.2, 0) is 18.3 Å². The summed E-state index contributed by atoms with van der Waals surface area (Å²) in [7, 11) is 2.02. The molecule has 1 unspecified atom stereocenters. The summed E-state index contributed by atoms with van der Waals surface area (Å²) in [4.78, 5) is 19.6. The van der Waals surface area contributed by atoms with Gasteiger partial charge >= 0.3 is 0 Å². The normalized spacial score (nSPS) is 17.1. The molecule has 28 heavy (non-hydrogen) atoms. The summed E-state index contributed by atoms with van der Waals surface area (Å²) in [5.74, 6) is 0.689. The molecule has 146 valence electrons. The Morgan fingerprint density at radius 1 is 1.25 bits per heavy atom. The maximum Gasteiger partial charge on any atom is 0.224 e. The summed E-state index contributed by atoms with van der Waals surface area (Å²) in [6, 6.07) is 14.6. The molecule has 1 fully saturated rings. The monoisotopic (exact) mass is 380 g/mol. The molecule has 1 aliphatic rings. The SMILES string of the molecule is Cn1c(N2CCCC(C(=O)NCCc3cccc(F)c3)C2)nc2ccccc21. The first kappa shape index (κ1) is 18.5. The van der Waals surface area contributed by atoms with Crippen LogP contribution in [0.15, 0.2) is 48.5 Å². The Morgan fingerprint density at radius 3 is 2.93 bits per heavy atom. The van der Waals surface area contributed by atoms with Gasteiger partial charge in [0, 0.05) is 26.7 Å². The number of rotatable bonds is 5. The highest BCUT2D eigenvalue weighted by atomic mass is 19.1. The van der Waals surface area contributed by atoms with Crippen LogP contribution in [0.1, 0.15) is 18.4 Å². The smallest absolute Gasteiger partial charge is 0.224 e. The lowest BCUT2D eigenvalue weighted by Gasteiger charge is -2.32. The number of piperidine rings is 1. The third kappa shape index (κ3) is 3.86. The average molecular weight is 380 g/mol. The number of aromatic nitrogens is 2. The van der Waals surface area contributed by atoms with Crippen LogP contribution >= 0.6 is 0 Å². The van der Waals surface area contributed by atoms with Gasteiger partial charge in [-0.25, -0.2) is 9.37 Å². The first-order valence-corrected chi connectivity index (χ1v) is 9.80. The van der Waals surface area contributed by atoms with Gasteiger partial charge in [0.15, 0.2) is 0 Å². The Labute approximate surface area is 164 Å². The minimum atomic E-state index is -0.241. The van der Waals surface area contributed by atoms with E-state index < -0.39 is 0 Å². The van der Waals surface area contributed by atoms with Crippen molar-refractivity contribution in [2.24, 2.45) is 13.0 Å². The number of carbonyl (C=O) groups is 1. The zero-order valence-electron chi connectivity index (χ0n) is 16.1. The molecule has 2 heterocycles. The van der Waals surface area contributed by atoms with Crippen LogP contribution < -0.4 is 10.2 Å². The molecular formula is C22H25FN4O. The fraction of sp³-hybridized carbons (Fsp3) is 0.364. The van der Waals surface area contributed by atoms with Crippen LogP contribution in [0.3, 0.4) is 0 Å². The Morgan fingerprint density at radius 2 is 2.11 bits per heavy atom. The van der Waals surface area contributed by atoms with E-state index in [1.165, 1.54) is 12.1 Å². The largest absolute Gasteiger partial charge is 0.355 e. The number of fused-ring (bicyclic) bond motifs is 1. The third-order valence-electron chi connectivity index (χ3n) is 5.44. The van der Waals surface area contributed by atoms with Crippen molar-refractivity contribution >= 4 is 22.9 Å². The number of amides is 1. The van der Waals surface area contributed by atoms with E-state index in [1.54, 1.807) is 6.07 Å². The summed E-state index contributed by atoms with van der Waals surface area (Å²) >= 11 is 0. The molecule has 0 spiro atoms. The van der Waals surface area contributed by atoms with Gasteiger partial charge in [0.25, 0.3) is 0 Å². The molecule has 2 aromatic carbocycles. The topological polar surface area (TPSA) is 50.2 Å². The van der Waals surface area contributed by atoms with Gasteiger partial charge in [-0.05, 0) is 49.1 Å². The van der Waals surface area contributed by atoms with E-state index in [4.69, 9.17) is 4.98 Å². The van der Waals surface area contributed by atoms with Crippen molar-refractivity contribution in [3.05, 3.63) is 59.9 Å². The first-order valence-electron chi connectivity index (χ1n) is 9.80. The number of hydrogen-bond acceptors (Lipinski definition) is 3. The van der Waals surface area contributed by atoms with Crippen molar-refractivity contribution < 1.29 is 9.18 Å². The molecule has 4 rings (SSSR count). The Bertz CT molecular complexity index is 984. The molecular weight excluding hydrogens is 355 g/mol. The highest BCUT2D eigenvalue weighted by Crippen LogP contribution is 2.26. The Balaban J connectivity index is 1.37. The number of hydrogen-bond donors (Lipinski definition) is 1. The van der Waals surface area contributed by atoms with Gasteiger partial charge in [0.05, 0.1) is 17.0 Å². The van der Waals surface area contributed by atoms with Crippen LogP contribution in [-0.4, -0.2) is 35.1 Å². The molecule has 1 amide bonds. The molecule has 1 saturated heterocycles. The minimum Gasteiger partial charge on any atom is -0.355 e. The minimum absolute atomic E-state index is 0.0546. The first-order chi connectivity index (χ1) is 13.6. The predicted molar refractivity (Wildman–Crippen MR) is 109 cm³/mol. The standard InChI is InChI=1S/C22H25FN4O/c1-26-20-10-3-2-9-19(20)25-22(26)27-13-5-7-17(15-27)21(28)24-12-11-16-6-4-8-18(23)14-16/h2-4,6,8-10,14,17H,5,7,11-13,15H2,1H3,(H,24,28). The predicted octanol–water partition coefficient (Wildman–Crippen LogP) is 3.29. The lowest BCUT2D eigenvalue weighted by atomic mass is 9.97. The molecule has 0 bridgehead atoms. The summed E-state index contributed by atoms with van der Waals surface area (Å²) < 4.78 is 15.4. The van der Waals surface area contributed by atoms with Crippen molar-refractivity contribution in [1.82, 2.24) is 14.9 Å². The van der Waals surface area contributed by atoms with Gasteiger partial charge in [0.1, 0.15) is 5.82 Å². The quantitative estimate of drug-likeness (QED) is 0.739. The molecule has 0 radical (unpaired) electrons. The van der Waals surface area contributed by atoms with Gasteiger partial charge in [-0.1, -0.05) is 24.3 Å². The van der Waals surface area contributed by atoms with Crippen molar-refractivity contribution in [1.29, 1.82) is 0 Å². The lowest BCUT2D eigenvalue weighted by molar-refractivity contribution is -0.125. The number of halogens is 1. The molecule has 1 aromatic heterocycles. The molecule has 0 saturated carbocycles. The number of benzene rings is 2. The molecule has 1 N–H and O–H groups in total. The van der Waals surface area contributed by atoms with E-state index in [9.17, 15) is 9.18 Å². The second-order valence-electron chi connectivity index (χ2n) is 7.42.